The van der Waals surface area contributed by atoms with E-state index < -0.39 is 5.97 Å². The van der Waals surface area contributed by atoms with Gasteiger partial charge in [0.05, 0.1) is 30.8 Å². The Morgan fingerprint density at radius 1 is 1.50 bits per heavy atom. The average Bonchev–Trinajstić information content (AvgIpc) is 3.07. The molecule has 7 nitrogen and oxygen atoms in total. The number of methoxy groups -OCH3 is 1. The van der Waals surface area contributed by atoms with Gasteiger partial charge in [0.1, 0.15) is 12.3 Å². The second kappa shape index (κ2) is 6.05. The molecule has 0 aromatic carbocycles. The molecule has 2 aromatic heterocycles. The number of hydrogen-bond acceptors (Lipinski definition) is 5. The maximum atomic E-state index is 12.0. The van der Waals surface area contributed by atoms with E-state index in [2.05, 4.69) is 15.2 Å². The number of ether oxygens (including phenoxy) is 1. The fourth-order valence-electron chi connectivity index (χ4n) is 1.73. The summed E-state index contributed by atoms with van der Waals surface area (Å²) in [5.41, 5.74) is 0.996. The lowest BCUT2D eigenvalue weighted by atomic mass is 10.2. The van der Waals surface area contributed by atoms with E-state index in [0.717, 1.165) is 0 Å². The lowest BCUT2D eigenvalue weighted by Gasteiger charge is -2.01. The molecular formula is C13H15N3O4. The molecule has 0 fully saturated rings. The number of carbonyl (C=O) groups excluding carboxylic acids is 2. The number of carbonyl (C=O) groups is 2. The van der Waals surface area contributed by atoms with Crippen molar-refractivity contribution >= 4 is 17.6 Å². The molecule has 0 spiro atoms. The Morgan fingerprint density at radius 2 is 2.30 bits per heavy atom. The fourth-order valence-corrected chi connectivity index (χ4v) is 1.73. The van der Waals surface area contributed by atoms with Crippen molar-refractivity contribution in [3.8, 4) is 0 Å². The molecule has 0 radical (unpaired) electrons. The summed E-state index contributed by atoms with van der Waals surface area (Å²) in [6.45, 7) is 1.91. The quantitative estimate of drug-likeness (QED) is 0.836. The van der Waals surface area contributed by atoms with Crippen molar-refractivity contribution in [3.63, 3.8) is 0 Å². The standard InChI is InChI=1S/C13H15N3O4/c1-3-11-10(4-5-20-11)13(18)15-9-6-14-16(7-9)8-12(17)19-2/h4-7H,3,8H2,1-2H3,(H,15,18). The first-order valence-corrected chi connectivity index (χ1v) is 6.11. The topological polar surface area (TPSA) is 86.4 Å². The van der Waals surface area contributed by atoms with Crippen molar-refractivity contribution < 1.29 is 18.7 Å². The molecule has 0 bridgehead atoms. The molecule has 1 N–H and O–H groups in total. The van der Waals surface area contributed by atoms with Gasteiger partial charge >= 0.3 is 5.97 Å². The first kappa shape index (κ1) is 13.9. The lowest BCUT2D eigenvalue weighted by Crippen LogP contribution is -2.13. The van der Waals surface area contributed by atoms with Crippen molar-refractivity contribution in [2.75, 3.05) is 12.4 Å². The number of anilines is 1. The van der Waals surface area contributed by atoms with Gasteiger partial charge in [-0.05, 0) is 6.07 Å². The molecule has 0 aliphatic carbocycles. The maximum absolute atomic E-state index is 12.0. The molecule has 20 heavy (non-hydrogen) atoms. The third-order valence-corrected chi connectivity index (χ3v) is 2.72. The molecule has 2 aromatic rings. The van der Waals surface area contributed by atoms with Gasteiger partial charge < -0.3 is 14.5 Å². The second-order valence-electron chi connectivity index (χ2n) is 4.07. The third-order valence-electron chi connectivity index (χ3n) is 2.72. The highest BCUT2D eigenvalue weighted by atomic mass is 16.5. The Bertz CT molecular complexity index is 615. The maximum Gasteiger partial charge on any atom is 0.327 e. The first-order valence-electron chi connectivity index (χ1n) is 6.11. The summed E-state index contributed by atoms with van der Waals surface area (Å²) in [6.07, 6.45) is 5.14. The molecule has 0 saturated carbocycles. The number of hydrogen-bond donors (Lipinski definition) is 1. The number of esters is 1. The third kappa shape index (κ3) is 3.05. The Labute approximate surface area is 115 Å². The van der Waals surface area contributed by atoms with Crippen LogP contribution in [0.5, 0.6) is 0 Å². The van der Waals surface area contributed by atoms with E-state index in [1.54, 1.807) is 12.3 Å². The highest BCUT2D eigenvalue weighted by molar-refractivity contribution is 6.04. The van der Waals surface area contributed by atoms with Gasteiger partial charge in [-0.1, -0.05) is 6.92 Å². The largest absolute Gasteiger partial charge is 0.469 e. The van der Waals surface area contributed by atoms with Crippen LogP contribution >= 0.6 is 0 Å². The van der Waals surface area contributed by atoms with Crippen molar-refractivity contribution in [3.05, 3.63) is 36.0 Å². The minimum Gasteiger partial charge on any atom is -0.469 e. The number of rotatable bonds is 5. The summed E-state index contributed by atoms with van der Waals surface area (Å²) in [5, 5.41) is 6.66. The van der Waals surface area contributed by atoms with Crippen LogP contribution in [0.15, 0.2) is 29.1 Å². The summed E-state index contributed by atoms with van der Waals surface area (Å²) in [7, 11) is 1.31. The highest BCUT2D eigenvalue weighted by Crippen LogP contribution is 2.14. The number of aromatic nitrogens is 2. The molecule has 0 saturated heterocycles. The summed E-state index contributed by atoms with van der Waals surface area (Å²) in [6, 6.07) is 1.62. The first-order chi connectivity index (χ1) is 9.63. The van der Waals surface area contributed by atoms with Crippen LogP contribution in [0, 0.1) is 0 Å². The summed E-state index contributed by atoms with van der Waals surface area (Å²) < 4.78 is 11.1. The molecule has 0 unspecified atom stereocenters. The summed E-state index contributed by atoms with van der Waals surface area (Å²) in [4.78, 5) is 23.1. The fraction of sp³-hybridized carbons (Fsp3) is 0.308. The zero-order chi connectivity index (χ0) is 14.5. The number of aryl methyl sites for hydroxylation is 1. The van der Waals surface area contributed by atoms with Crippen molar-refractivity contribution in [2.24, 2.45) is 0 Å². The van der Waals surface area contributed by atoms with Gasteiger partial charge in [0.25, 0.3) is 5.91 Å². The van der Waals surface area contributed by atoms with Crippen LogP contribution in [-0.2, 0) is 22.5 Å². The molecule has 0 atom stereocenters. The number of nitrogens with zero attached hydrogens (tertiary/aromatic N) is 2. The van der Waals surface area contributed by atoms with Crippen LogP contribution in [0.2, 0.25) is 0 Å². The molecular weight excluding hydrogens is 262 g/mol. The van der Waals surface area contributed by atoms with E-state index in [4.69, 9.17) is 4.42 Å². The van der Waals surface area contributed by atoms with E-state index in [0.29, 0.717) is 23.4 Å². The molecule has 2 heterocycles. The van der Waals surface area contributed by atoms with E-state index in [1.165, 1.54) is 24.3 Å². The van der Waals surface area contributed by atoms with Crippen LogP contribution in [0.1, 0.15) is 23.0 Å². The SMILES string of the molecule is CCc1occc1C(=O)Nc1cnn(CC(=O)OC)c1. The predicted octanol–water partition coefficient (Wildman–Crippen LogP) is 1.46. The van der Waals surface area contributed by atoms with Crippen molar-refractivity contribution in [2.45, 2.75) is 19.9 Å². The van der Waals surface area contributed by atoms with Gasteiger partial charge in [0.15, 0.2) is 0 Å². The number of nitrogens with one attached hydrogen (secondary N) is 1. The molecule has 7 heteroatoms. The van der Waals surface area contributed by atoms with Gasteiger partial charge in [-0.3, -0.25) is 14.3 Å². The van der Waals surface area contributed by atoms with Crippen LogP contribution in [0.3, 0.4) is 0 Å². The minimum atomic E-state index is -0.408. The summed E-state index contributed by atoms with van der Waals surface area (Å²) >= 11 is 0. The van der Waals surface area contributed by atoms with Crippen molar-refractivity contribution in [1.29, 1.82) is 0 Å². The van der Waals surface area contributed by atoms with Crippen LogP contribution in [0.4, 0.5) is 5.69 Å². The Kier molecular flexibility index (Phi) is 4.19. The molecule has 2 rings (SSSR count). The van der Waals surface area contributed by atoms with Gasteiger partial charge in [0, 0.05) is 12.6 Å². The highest BCUT2D eigenvalue weighted by Gasteiger charge is 2.14. The Balaban J connectivity index is 2.03. The van der Waals surface area contributed by atoms with E-state index >= 15 is 0 Å². The normalized spacial score (nSPS) is 10.3. The van der Waals surface area contributed by atoms with Gasteiger partial charge in [-0.25, -0.2) is 0 Å². The molecule has 0 aliphatic rings. The Morgan fingerprint density at radius 3 is 3.00 bits per heavy atom. The number of amides is 1. The van der Waals surface area contributed by atoms with E-state index in [9.17, 15) is 9.59 Å². The van der Waals surface area contributed by atoms with Crippen LogP contribution < -0.4 is 5.32 Å². The van der Waals surface area contributed by atoms with Gasteiger partial charge in [0.2, 0.25) is 0 Å². The number of furan rings is 1. The zero-order valence-corrected chi connectivity index (χ0v) is 11.3. The van der Waals surface area contributed by atoms with Gasteiger partial charge in [-0.15, -0.1) is 0 Å². The zero-order valence-electron chi connectivity index (χ0n) is 11.3. The minimum absolute atomic E-state index is 0.00170. The van der Waals surface area contributed by atoms with Crippen LogP contribution in [0.25, 0.3) is 0 Å². The average molecular weight is 277 g/mol. The van der Waals surface area contributed by atoms with Crippen molar-refractivity contribution in [1.82, 2.24) is 9.78 Å². The summed E-state index contributed by atoms with van der Waals surface area (Å²) in [5.74, 6) is -0.0493. The molecule has 106 valence electrons. The smallest absolute Gasteiger partial charge is 0.327 e. The van der Waals surface area contributed by atoms with Gasteiger partial charge in [-0.2, -0.15) is 5.10 Å². The van der Waals surface area contributed by atoms with E-state index in [-0.39, 0.29) is 12.5 Å². The molecule has 1 amide bonds. The predicted molar refractivity (Wildman–Crippen MR) is 70.3 cm³/mol. The second-order valence-corrected chi connectivity index (χ2v) is 4.07. The van der Waals surface area contributed by atoms with E-state index in [1.807, 2.05) is 6.92 Å². The Hall–Kier alpha value is -2.57. The monoisotopic (exact) mass is 277 g/mol. The molecule has 0 aliphatic heterocycles. The van der Waals surface area contributed by atoms with Crippen LogP contribution in [-0.4, -0.2) is 28.8 Å². The lowest BCUT2D eigenvalue weighted by molar-refractivity contribution is -0.141.